The molecule has 172 valence electrons. The summed E-state index contributed by atoms with van der Waals surface area (Å²) < 4.78 is 6.90. The number of methoxy groups -OCH3 is 1. The van der Waals surface area contributed by atoms with E-state index in [0.717, 1.165) is 11.8 Å². The topological polar surface area (TPSA) is 128 Å². The number of hydrogen-bond acceptors (Lipinski definition) is 9. The normalized spacial score (nSPS) is 10.6. The second-order valence-corrected chi connectivity index (χ2v) is 7.42. The van der Waals surface area contributed by atoms with Gasteiger partial charge in [-0.05, 0) is 0 Å². The first-order chi connectivity index (χ1) is 16.4. The smallest absolute Gasteiger partial charge is 0.294 e. The summed E-state index contributed by atoms with van der Waals surface area (Å²) >= 11 is 0. The van der Waals surface area contributed by atoms with Crippen molar-refractivity contribution in [1.29, 1.82) is 0 Å². The van der Waals surface area contributed by atoms with Crippen molar-refractivity contribution in [3.63, 3.8) is 0 Å². The number of carbonyl (C=O) groups is 1. The zero-order valence-electron chi connectivity index (χ0n) is 18.7. The zero-order chi connectivity index (χ0) is 24.2. The second kappa shape index (κ2) is 9.36. The third-order valence-electron chi connectivity index (χ3n) is 5.01. The van der Waals surface area contributed by atoms with Crippen LogP contribution in [0, 0.1) is 10.1 Å². The van der Waals surface area contributed by atoms with Gasteiger partial charge in [-0.1, -0.05) is 30.3 Å². The van der Waals surface area contributed by atoms with Crippen LogP contribution in [0.2, 0.25) is 0 Å². The molecule has 2 heterocycles. The lowest BCUT2D eigenvalue weighted by atomic mass is 10.1. The molecular weight excluding hydrogens is 438 g/mol. The molecule has 2 aromatic carbocycles. The van der Waals surface area contributed by atoms with E-state index in [9.17, 15) is 14.9 Å². The van der Waals surface area contributed by atoms with Gasteiger partial charge in [-0.2, -0.15) is 10.1 Å². The number of benzene rings is 2. The molecule has 1 N–H and O–H groups in total. The number of hydrogen-bond donors (Lipinski definition) is 1. The Morgan fingerprint density at radius 1 is 1.18 bits per heavy atom. The Morgan fingerprint density at radius 3 is 2.59 bits per heavy atom. The molecule has 0 radical (unpaired) electrons. The first kappa shape index (κ1) is 22.4. The van der Waals surface area contributed by atoms with Crippen LogP contribution in [-0.2, 0) is 0 Å². The van der Waals surface area contributed by atoms with Crippen LogP contribution in [0.1, 0.15) is 10.4 Å². The molecule has 0 saturated carbocycles. The summed E-state index contributed by atoms with van der Waals surface area (Å²) in [5, 5.41) is 19.1. The van der Waals surface area contributed by atoms with Gasteiger partial charge >= 0.3 is 0 Å². The number of nitrogens with one attached hydrogen (secondary N) is 1. The van der Waals surface area contributed by atoms with Crippen molar-refractivity contribution >= 4 is 29.3 Å². The van der Waals surface area contributed by atoms with Gasteiger partial charge in [0.05, 0.1) is 23.3 Å². The molecule has 34 heavy (non-hydrogen) atoms. The van der Waals surface area contributed by atoms with Gasteiger partial charge in [0, 0.05) is 50.3 Å². The minimum absolute atomic E-state index is 0.0975. The highest BCUT2D eigenvalue weighted by Gasteiger charge is 2.21. The molecule has 0 fully saturated rings. The Labute approximate surface area is 194 Å². The van der Waals surface area contributed by atoms with Gasteiger partial charge in [-0.25, -0.2) is 9.67 Å². The fraction of sp³-hybridized carbons (Fsp3) is 0.130. The van der Waals surface area contributed by atoms with E-state index in [4.69, 9.17) is 4.74 Å². The van der Waals surface area contributed by atoms with Crippen LogP contribution in [0.25, 0.3) is 17.1 Å². The van der Waals surface area contributed by atoms with Crippen LogP contribution in [0.5, 0.6) is 5.75 Å². The highest BCUT2D eigenvalue weighted by molar-refractivity contribution is 5.85. The van der Waals surface area contributed by atoms with Crippen molar-refractivity contribution in [2.45, 2.75) is 0 Å². The molecule has 11 nitrogen and oxygen atoms in total. The minimum Gasteiger partial charge on any atom is -0.494 e. The zero-order valence-corrected chi connectivity index (χ0v) is 18.7. The lowest BCUT2D eigenvalue weighted by molar-refractivity contribution is -0.384. The fourth-order valence-corrected chi connectivity index (χ4v) is 3.40. The van der Waals surface area contributed by atoms with E-state index in [0.29, 0.717) is 34.2 Å². The maximum absolute atomic E-state index is 11.6. The molecule has 0 unspecified atom stereocenters. The van der Waals surface area contributed by atoms with Crippen molar-refractivity contribution in [2.24, 2.45) is 0 Å². The Morgan fingerprint density at radius 2 is 1.94 bits per heavy atom. The molecule has 0 bridgehead atoms. The van der Waals surface area contributed by atoms with Crippen molar-refractivity contribution in [3.8, 4) is 22.8 Å². The summed E-state index contributed by atoms with van der Waals surface area (Å²) in [6.45, 7) is 0. The number of nitro groups is 1. The predicted octanol–water partition coefficient (Wildman–Crippen LogP) is 3.87. The molecule has 0 aliphatic rings. The first-order valence-electron chi connectivity index (χ1n) is 10.2. The first-order valence-corrected chi connectivity index (χ1v) is 10.2. The molecule has 0 spiro atoms. The van der Waals surface area contributed by atoms with Crippen LogP contribution in [0.15, 0.2) is 60.9 Å². The monoisotopic (exact) mass is 459 g/mol. The number of ether oxygens (including phenoxy) is 1. The molecule has 11 heteroatoms. The number of nitrogens with zero attached hydrogens (tertiary/aromatic N) is 6. The summed E-state index contributed by atoms with van der Waals surface area (Å²) in [5.41, 5.74) is 2.37. The van der Waals surface area contributed by atoms with E-state index in [-0.39, 0.29) is 11.6 Å². The molecular formula is C23H21N7O4. The Balaban J connectivity index is 1.71. The van der Waals surface area contributed by atoms with Crippen molar-refractivity contribution in [1.82, 2.24) is 19.7 Å². The van der Waals surface area contributed by atoms with E-state index >= 15 is 0 Å². The lowest BCUT2D eigenvalue weighted by Gasteiger charge is -2.17. The van der Waals surface area contributed by atoms with Crippen molar-refractivity contribution in [3.05, 3.63) is 76.6 Å². The van der Waals surface area contributed by atoms with Gasteiger partial charge < -0.3 is 15.0 Å². The highest BCUT2D eigenvalue weighted by atomic mass is 16.6. The number of carbonyl (C=O) groups excluding carboxylic acids is 1. The maximum Gasteiger partial charge on any atom is 0.294 e. The molecule has 0 aliphatic carbocycles. The maximum atomic E-state index is 11.6. The van der Waals surface area contributed by atoms with Gasteiger partial charge in [0.15, 0.2) is 12.1 Å². The summed E-state index contributed by atoms with van der Waals surface area (Å²) in [5.74, 6) is 0.963. The van der Waals surface area contributed by atoms with Crippen molar-refractivity contribution in [2.75, 3.05) is 31.4 Å². The van der Waals surface area contributed by atoms with Crippen LogP contribution < -0.4 is 15.0 Å². The van der Waals surface area contributed by atoms with Gasteiger partial charge in [-0.3, -0.25) is 14.9 Å². The highest BCUT2D eigenvalue weighted by Crippen LogP contribution is 2.38. The van der Waals surface area contributed by atoms with E-state index < -0.39 is 4.92 Å². The standard InChI is InChI=1S/C23H21N7O4/c1-28(2)18-12-20(34-3)17(11-19(18)30(32)33)25-23-24-10-9-21(26-23)29-13-16(14-31)22(27-29)15-7-5-4-6-8-15/h4-14H,1-3H3,(H,24,25,26). The lowest BCUT2D eigenvalue weighted by Crippen LogP contribution is -2.12. The largest absolute Gasteiger partial charge is 0.494 e. The summed E-state index contributed by atoms with van der Waals surface area (Å²) in [7, 11) is 4.89. The third-order valence-corrected chi connectivity index (χ3v) is 5.01. The van der Waals surface area contributed by atoms with E-state index in [1.807, 2.05) is 30.3 Å². The quantitative estimate of drug-likeness (QED) is 0.237. The molecule has 4 aromatic rings. The van der Waals surface area contributed by atoms with Crippen molar-refractivity contribution < 1.29 is 14.5 Å². The minimum atomic E-state index is -0.465. The molecule has 4 rings (SSSR count). The molecule has 0 saturated heterocycles. The van der Waals surface area contributed by atoms with Crippen LogP contribution in [-0.4, -0.2) is 52.2 Å². The van der Waals surface area contributed by atoms with E-state index in [2.05, 4.69) is 20.4 Å². The second-order valence-electron chi connectivity index (χ2n) is 7.42. The van der Waals surface area contributed by atoms with Crippen LogP contribution in [0.4, 0.5) is 23.0 Å². The summed E-state index contributed by atoms with van der Waals surface area (Å²) in [6, 6.07) is 13.9. The SMILES string of the molecule is COc1cc(N(C)C)c([N+](=O)[O-])cc1Nc1nccc(-n2cc(C=O)c(-c3ccccc3)n2)n1. The molecule has 2 aromatic heterocycles. The van der Waals surface area contributed by atoms with Gasteiger partial charge in [-0.15, -0.1) is 0 Å². The number of aldehydes is 1. The van der Waals surface area contributed by atoms with Gasteiger partial charge in [0.25, 0.3) is 5.69 Å². The molecule has 0 aliphatic heterocycles. The number of anilines is 3. The Bertz CT molecular complexity index is 1350. The van der Waals surface area contributed by atoms with Gasteiger partial charge in [0.2, 0.25) is 5.95 Å². The summed E-state index contributed by atoms with van der Waals surface area (Å²) in [4.78, 5) is 33.0. The van der Waals surface area contributed by atoms with E-state index in [1.165, 1.54) is 24.1 Å². The number of rotatable bonds is 8. The Hall–Kier alpha value is -4.80. The van der Waals surface area contributed by atoms with E-state index in [1.54, 1.807) is 37.3 Å². The average molecular weight is 459 g/mol. The van der Waals surface area contributed by atoms with Gasteiger partial charge in [0.1, 0.15) is 17.1 Å². The third kappa shape index (κ3) is 4.39. The summed E-state index contributed by atoms with van der Waals surface area (Å²) in [6.07, 6.45) is 3.84. The molecule has 0 atom stereocenters. The number of aromatic nitrogens is 4. The van der Waals surface area contributed by atoms with Crippen LogP contribution in [0.3, 0.4) is 0 Å². The predicted molar refractivity (Wildman–Crippen MR) is 127 cm³/mol. The average Bonchev–Trinajstić information content (AvgIpc) is 3.29. The Kier molecular flexibility index (Phi) is 6.17. The molecule has 0 amide bonds. The number of nitro benzene ring substituents is 1. The van der Waals surface area contributed by atoms with Crippen LogP contribution >= 0.6 is 0 Å². The fourth-order valence-electron chi connectivity index (χ4n) is 3.40.